The van der Waals surface area contributed by atoms with Crippen molar-refractivity contribution in [1.82, 2.24) is 20.1 Å². The van der Waals surface area contributed by atoms with Crippen LogP contribution in [0.1, 0.15) is 16.7 Å². The Morgan fingerprint density at radius 3 is 2.65 bits per heavy atom. The van der Waals surface area contributed by atoms with Gasteiger partial charge in [-0.1, -0.05) is 66.4 Å². The van der Waals surface area contributed by atoms with Crippen LogP contribution in [-0.4, -0.2) is 26.4 Å². The molecule has 0 spiro atoms. The van der Waals surface area contributed by atoms with Crippen LogP contribution in [0.3, 0.4) is 0 Å². The van der Waals surface area contributed by atoms with Gasteiger partial charge in [-0.25, -0.2) is 9.89 Å². The highest BCUT2D eigenvalue weighted by atomic mass is 32.2. The fraction of sp³-hybridized carbons (Fsp3) is 0.211. The number of carbonyl (C=O) groups is 1. The third-order valence-electron chi connectivity index (χ3n) is 3.98. The Balaban J connectivity index is 1.57. The lowest BCUT2D eigenvalue weighted by Gasteiger charge is -2.08. The summed E-state index contributed by atoms with van der Waals surface area (Å²) in [6, 6.07) is 17.6. The molecule has 0 unspecified atom stereocenters. The van der Waals surface area contributed by atoms with Crippen molar-refractivity contribution in [2.75, 3.05) is 5.75 Å². The Bertz CT molecular complexity index is 934. The van der Waals surface area contributed by atoms with E-state index < -0.39 is 0 Å². The molecule has 0 aliphatic rings. The molecule has 0 atom stereocenters. The summed E-state index contributed by atoms with van der Waals surface area (Å²) in [5, 5.41) is 9.88. The van der Waals surface area contributed by atoms with Gasteiger partial charge in [0.05, 0.1) is 12.3 Å². The summed E-state index contributed by atoms with van der Waals surface area (Å²) in [6.45, 7) is 2.93. The molecule has 3 rings (SSSR count). The molecule has 1 heterocycles. The lowest BCUT2D eigenvalue weighted by Crippen LogP contribution is -2.25. The fourth-order valence-electron chi connectivity index (χ4n) is 2.50. The summed E-state index contributed by atoms with van der Waals surface area (Å²) < 4.78 is 1.54. The lowest BCUT2D eigenvalue weighted by molar-refractivity contribution is -0.118. The highest BCUT2D eigenvalue weighted by molar-refractivity contribution is 7.99. The molecular formula is C19H20N4O2S. The zero-order valence-electron chi connectivity index (χ0n) is 14.4. The van der Waals surface area contributed by atoms with Crippen LogP contribution in [0.15, 0.2) is 64.5 Å². The van der Waals surface area contributed by atoms with Gasteiger partial charge in [-0.3, -0.25) is 9.36 Å². The van der Waals surface area contributed by atoms with Crippen molar-refractivity contribution < 1.29 is 4.79 Å². The number of nitrogens with zero attached hydrogens (tertiary/aromatic N) is 2. The minimum absolute atomic E-state index is 0.0973. The van der Waals surface area contributed by atoms with E-state index in [1.165, 1.54) is 16.3 Å². The van der Waals surface area contributed by atoms with E-state index in [1.807, 2.05) is 61.5 Å². The van der Waals surface area contributed by atoms with Gasteiger partial charge in [-0.15, -0.1) is 5.10 Å². The number of aryl methyl sites for hydroxylation is 1. The molecule has 6 nitrogen and oxygen atoms in total. The Hall–Kier alpha value is -2.80. The molecule has 0 radical (unpaired) electrons. The number of amides is 1. The van der Waals surface area contributed by atoms with Crippen molar-refractivity contribution in [1.29, 1.82) is 0 Å². The summed E-state index contributed by atoms with van der Waals surface area (Å²) in [7, 11) is 0. The highest BCUT2D eigenvalue weighted by Crippen LogP contribution is 2.14. The molecule has 2 N–H and O–H groups in total. The third kappa shape index (κ3) is 4.64. The second kappa shape index (κ2) is 8.53. The predicted molar refractivity (Wildman–Crippen MR) is 102 cm³/mol. The Kier molecular flexibility index (Phi) is 5.91. The molecule has 0 saturated heterocycles. The van der Waals surface area contributed by atoms with Crippen LogP contribution in [0.5, 0.6) is 0 Å². The van der Waals surface area contributed by atoms with E-state index in [9.17, 15) is 9.59 Å². The van der Waals surface area contributed by atoms with E-state index in [0.717, 1.165) is 16.7 Å². The minimum atomic E-state index is -0.281. The van der Waals surface area contributed by atoms with Crippen LogP contribution in [0.2, 0.25) is 0 Å². The van der Waals surface area contributed by atoms with Gasteiger partial charge in [0.1, 0.15) is 0 Å². The number of hydrogen-bond donors (Lipinski definition) is 2. The Morgan fingerprint density at radius 1 is 1.15 bits per heavy atom. The van der Waals surface area contributed by atoms with E-state index in [1.54, 1.807) is 0 Å². The van der Waals surface area contributed by atoms with Crippen molar-refractivity contribution in [3.05, 3.63) is 81.8 Å². The first kappa shape index (κ1) is 18.0. The van der Waals surface area contributed by atoms with Gasteiger partial charge in [0.2, 0.25) is 5.91 Å². The largest absolute Gasteiger partial charge is 0.351 e. The molecule has 0 saturated carbocycles. The molecule has 26 heavy (non-hydrogen) atoms. The maximum absolute atomic E-state index is 12.1. The molecule has 7 heteroatoms. The van der Waals surface area contributed by atoms with E-state index in [0.29, 0.717) is 18.2 Å². The summed E-state index contributed by atoms with van der Waals surface area (Å²) in [4.78, 5) is 24.1. The molecule has 0 aliphatic carbocycles. The topological polar surface area (TPSA) is 79.8 Å². The van der Waals surface area contributed by atoms with E-state index >= 15 is 0 Å². The minimum Gasteiger partial charge on any atom is -0.351 e. The van der Waals surface area contributed by atoms with E-state index in [2.05, 4.69) is 15.5 Å². The van der Waals surface area contributed by atoms with E-state index in [4.69, 9.17) is 0 Å². The second-order valence-corrected chi connectivity index (χ2v) is 6.82. The van der Waals surface area contributed by atoms with Gasteiger partial charge in [0.25, 0.3) is 0 Å². The third-order valence-corrected chi connectivity index (χ3v) is 4.95. The van der Waals surface area contributed by atoms with Crippen LogP contribution in [0, 0.1) is 6.92 Å². The lowest BCUT2D eigenvalue weighted by atomic mass is 10.1. The number of thioether (sulfide) groups is 1. The maximum atomic E-state index is 12.1. The van der Waals surface area contributed by atoms with Crippen LogP contribution in [-0.2, 0) is 17.9 Å². The zero-order chi connectivity index (χ0) is 18.4. The van der Waals surface area contributed by atoms with Gasteiger partial charge >= 0.3 is 5.69 Å². The molecular weight excluding hydrogens is 348 g/mol. The number of nitrogens with one attached hydrogen (secondary N) is 2. The normalized spacial score (nSPS) is 10.7. The van der Waals surface area contributed by atoms with Gasteiger partial charge in [0.15, 0.2) is 5.16 Å². The number of benzene rings is 2. The summed E-state index contributed by atoms with van der Waals surface area (Å²) in [5.74, 6) is 0.102. The first-order valence-corrected chi connectivity index (χ1v) is 9.25. The summed E-state index contributed by atoms with van der Waals surface area (Å²) >= 11 is 1.24. The quantitative estimate of drug-likeness (QED) is 0.628. The van der Waals surface area contributed by atoms with Crippen LogP contribution in [0.25, 0.3) is 0 Å². The monoisotopic (exact) mass is 368 g/mol. The molecule has 1 aromatic heterocycles. The molecule has 1 amide bonds. The average Bonchev–Trinajstić information content (AvgIpc) is 3.00. The van der Waals surface area contributed by atoms with Gasteiger partial charge in [-0.05, 0) is 23.6 Å². The van der Waals surface area contributed by atoms with E-state index in [-0.39, 0.29) is 17.3 Å². The Morgan fingerprint density at radius 2 is 1.88 bits per heavy atom. The van der Waals surface area contributed by atoms with Crippen LogP contribution < -0.4 is 11.0 Å². The first-order chi connectivity index (χ1) is 12.6. The molecule has 2 aromatic carbocycles. The van der Waals surface area contributed by atoms with Crippen LogP contribution in [0.4, 0.5) is 0 Å². The molecule has 134 valence electrons. The SMILES string of the molecule is Cc1ccccc1CNC(=O)CSc1n[nH]c(=O)n1Cc1ccccc1. The standard InChI is InChI=1S/C19H20N4O2S/c1-14-7-5-6-10-16(14)11-20-17(24)13-26-19-22-21-18(25)23(19)12-15-8-3-2-4-9-15/h2-10H,11-13H2,1H3,(H,20,24)(H,21,25). The number of carbonyl (C=O) groups excluding carboxylic acids is 1. The van der Waals surface area contributed by atoms with Crippen molar-refractivity contribution in [3.63, 3.8) is 0 Å². The van der Waals surface area contributed by atoms with Crippen molar-refractivity contribution >= 4 is 17.7 Å². The number of hydrogen-bond acceptors (Lipinski definition) is 4. The highest BCUT2D eigenvalue weighted by Gasteiger charge is 2.12. The van der Waals surface area contributed by atoms with Crippen molar-refractivity contribution in [2.45, 2.75) is 25.2 Å². The van der Waals surface area contributed by atoms with Gasteiger partial charge in [0, 0.05) is 6.54 Å². The van der Waals surface area contributed by atoms with Crippen molar-refractivity contribution in [3.8, 4) is 0 Å². The van der Waals surface area contributed by atoms with Crippen LogP contribution >= 0.6 is 11.8 Å². The number of rotatable bonds is 7. The number of H-pyrrole nitrogens is 1. The zero-order valence-corrected chi connectivity index (χ0v) is 15.3. The number of aromatic amines is 1. The average molecular weight is 368 g/mol. The molecule has 3 aromatic rings. The fourth-order valence-corrected chi connectivity index (χ4v) is 3.28. The van der Waals surface area contributed by atoms with Gasteiger partial charge in [-0.2, -0.15) is 0 Å². The predicted octanol–water partition coefficient (Wildman–Crippen LogP) is 2.34. The summed E-state index contributed by atoms with van der Waals surface area (Å²) in [5.41, 5.74) is 2.95. The second-order valence-electron chi connectivity index (χ2n) is 5.87. The van der Waals surface area contributed by atoms with Crippen molar-refractivity contribution in [2.24, 2.45) is 0 Å². The maximum Gasteiger partial charge on any atom is 0.344 e. The molecule has 0 aliphatic heterocycles. The first-order valence-electron chi connectivity index (χ1n) is 8.26. The number of aromatic nitrogens is 3. The van der Waals surface area contributed by atoms with Gasteiger partial charge < -0.3 is 5.32 Å². The Labute approximate surface area is 155 Å². The molecule has 0 fully saturated rings. The summed E-state index contributed by atoms with van der Waals surface area (Å²) in [6.07, 6.45) is 0. The smallest absolute Gasteiger partial charge is 0.344 e. The molecule has 0 bridgehead atoms.